The van der Waals surface area contributed by atoms with Gasteiger partial charge >= 0.3 is 33.6 Å². The van der Waals surface area contributed by atoms with Gasteiger partial charge in [0.15, 0.2) is 0 Å². The van der Waals surface area contributed by atoms with Gasteiger partial charge in [0.2, 0.25) is 0 Å². The molecule has 0 radical (unpaired) electrons. The zero-order valence-corrected chi connectivity index (χ0v) is 28.9. The fourth-order valence-electron chi connectivity index (χ4n) is 4.19. The van der Waals surface area contributed by atoms with Gasteiger partial charge in [-0.2, -0.15) is 13.2 Å². The summed E-state index contributed by atoms with van der Waals surface area (Å²) in [6.07, 6.45) is 0.471. The molecule has 0 atom stereocenters. The summed E-state index contributed by atoms with van der Waals surface area (Å²) in [4.78, 5) is 12.8. The summed E-state index contributed by atoms with van der Waals surface area (Å²) in [5, 5.41) is 0. The summed E-state index contributed by atoms with van der Waals surface area (Å²) in [5.74, 6) is -0.278. The average molecular weight is 811 g/mol. The number of aromatic nitrogens is 3. The van der Waals surface area contributed by atoms with E-state index in [1.807, 2.05) is 42.5 Å². The molecule has 0 aliphatic heterocycles. The van der Waals surface area contributed by atoms with Crippen molar-refractivity contribution in [2.45, 2.75) is 58.5 Å². The first-order chi connectivity index (χ1) is 21.1. The van der Waals surface area contributed by atoms with E-state index in [4.69, 9.17) is 0 Å². The van der Waals surface area contributed by atoms with Gasteiger partial charge in [0.25, 0.3) is 0 Å². The molecular weight excluding hydrogens is 778 g/mol. The first kappa shape index (κ1) is 36.0. The van der Waals surface area contributed by atoms with E-state index in [1.54, 1.807) is 24.7 Å². The van der Waals surface area contributed by atoms with Gasteiger partial charge in [-0.15, -0.1) is 48.0 Å². The molecule has 3 aromatic heterocycles. The number of rotatable bonds is 3. The van der Waals surface area contributed by atoms with Crippen LogP contribution in [-0.2, 0) is 34.9 Å². The normalized spacial score (nSPS) is 11.6. The molecule has 0 bridgehead atoms. The molecule has 236 valence electrons. The topological polar surface area (TPSA) is 38.7 Å². The van der Waals surface area contributed by atoms with Crippen LogP contribution in [0.3, 0.4) is 0 Å². The Balaban J connectivity index is 0.000000305. The number of benzene rings is 2. The van der Waals surface area contributed by atoms with E-state index >= 15 is 0 Å². The minimum absolute atomic E-state index is 0.148. The monoisotopic (exact) mass is 811 g/mol. The third-order valence-electron chi connectivity index (χ3n) is 6.72. The van der Waals surface area contributed by atoms with Gasteiger partial charge in [-0.1, -0.05) is 76.9 Å². The molecule has 0 aliphatic rings. The van der Waals surface area contributed by atoms with Crippen molar-refractivity contribution in [3.05, 3.63) is 126 Å². The molecule has 0 saturated carbocycles. The molecule has 3 nitrogen and oxygen atoms in total. The summed E-state index contributed by atoms with van der Waals surface area (Å²) in [7, 11) is 4.64. The Morgan fingerprint density at radius 1 is 0.600 bits per heavy atom. The molecule has 3 heterocycles. The van der Waals surface area contributed by atoms with E-state index in [-0.39, 0.29) is 16.6 Å². The summed E-state index contributed by atoms with van der Waals surface area (Å²) >= 11 is 1.47. The number of alkyl halides is 3. The van der Waals surface area contributed by atoms with Crippen molar-refractivity contribution < 1.29 is 35.5 Å². The third kappa shape index (κ3) is 10.3. The zero-order chi connectivity index (χ0) is 33.4. The van der Waals surface area contributed by atoms with Crippen LogP contribution in [-0.4, -0.2) is 15.0 Å². The van der Waals surface area contributed by atoms with E-state index in [2.05, 4.69) is 78.2 Å². The molecule has 5 aromatic rings. The van der Waals surface area contributed by atoms with E-state index < -0.39 is 11.7 Å². The van der Waals surface area contributed by atoms with Gasteiger partial charge in [-0.25, -0.2) is 0 Å². The van der Waals surface area contributed by atoms with Gasteiger partial charge in [0.1, 0.15) is 0 Å². The van der Waals surface area contributed by atoms with Crippen molar-refractivity contribution in [1.82, 2.24) is 15.0 Å². The second-order valence-corrected chi connectivity index (χ2v) is 12.2. The van der Waals surface area contributed by atoms with E-state index in [1.165, 1.54) is 30.0 Å². The van der Waals surface area contributed by atoms with Crippen molar-refractivity contribution in [2.75, 3.05) is 0 Å². The van der Waals surface area contributed by atoms with Gasteiger partial charge in [0, 0.05) is 35.8 Å². The summed E-state index contributed by atoms with van der Waals surface area (Å²) in [6.45, 7) is 12.3. The second-order valence-electron chi connectivity index (χ2n) is 12.2. The SMILES string of the molecule is CC(C)(C)c1ccnc(-c2[c-]c(-c3cc(C(C)(C)C)ccn3)cc(C(F)(F)F)c2)c1.Fc1c[c-]c(-c2ccccn2)cc1.[Cl][Ir+2]. The van der Waals surface area contributed by atoms with E-state index in [0.717, 1.165) is 34.5 Å². The molecule has 9 heteroatoms. The molecular formula is C36H33ClF4IrN3. The van der Waals surface area contributed by atoms with E-state index in [0.29, 0.717) is 22.5 Å². The molecule has 0 fully saturated rings. The van der Waals surface area contributed by atoms with Crippen molar-refractivity contribution in [2.24, 2.45) is 0 Å². The molecule has 0 aliphatic carbocycles. The average Bonchev–Trinajstić information content (AvgIpc) is 3.02. The van der Waals surface area contributed by atoms with Gasteiger partial charge in [-0.05, 0) is 51.4 Å². The Morgan fingerprint density at radius 3 is 1.51 bits per heavy atom. The zero-order valence-electron chi connectivity index (χ0n) is 25.7. The number of hydrogen-bond acceptors (Lipinski definition) is 3. The van der Waals surface area contributed by atoms with Gasteiger partial charge < -0.3 is 4.98 Å². The fraction of sp³-hybridized carbons (Fsp3) is 0.250. The maximum atomic E-state index is 13.7. The third-order valence-corrected chi connectivity index (χ3v) is 6.72. The predicted molar refractivity (Wildman–Crippen MR) is 168 cm³/mol. The van der Waals surface area contributed by atoms with Gasteiger partial charge in [-0.3, -0.25) is 14.4 Å². The van der Waals surface area contributed by atoms with Crippen LogP contribution in [0.2, 0.25) is 0 Å². The molecule has 0 unspecified atom stereocenters. The molecule has 0 spiro atoms. The van der Waals surface area contributed by atoms with Crippen LogP contribution in [0.4, 0.5) is 17.6 Å². The Morgan fingerprint density at radius 2 is 1.11 bits per heavy atom. The molecule has 0 amide bonds. The fourth-order valence-corrected chi connectivity index (χ4v) is 4.19. The van der Waals surface area contributed by atoms with Crippen LogP contribution in [0, 0.1) is 17.9 Å². The molecule has 5 rings (SSSR count). The predicted octanol–water partition coefficient (Wildman–Crippen LogP) is 10.6. The summed E-state index contributed by atoms with van der Waals surface area (Å²) in [5.41, 5.74) is 4.09. The quantitative estimate of drug-likeness (QED) is 0.135. The number of nitrogens with zero attached hydrogens (tertiary/aromatic N) is 3. The van der Waals surface area contributed by atoms with Crippen molar-refractivity contribution in [3.63, 3.8) is 0 Å². The Kier molecular flexibility index (Phi) is 12.2. The van der Waals surface area contributed by atoms with Crippen molar-refractivity contribution in [3.8, 4) is 33.8 Å². The van der Waals surface area contributed by atoms with Crippen LogP contribution in [0.5, 0.6) is 0 Å². The standard InChI is InChI=1S/C25H26F3N2.C11H7FN.ClH.Ir/c1-23(2,3)18-7-9-29-21(14-18)16-11-17(13-20(12-16)25(26,27)28)22-15-19(8-10-30-22)24(4,5)6;12-10-6-4-9(5-7-10)11-3-1-2-8-13-11;;/h7-10,12-15H,1-6H3;1-4,6-8H;1H;/q2*-1;;+3/p-1. The van der Waals surface area contributed by atoms with Crippen molar-refractivity contribution >= 4 is 9.58 Å². The van der Waals surface area contributed by atoms with Crippen LogP contribution in [0.1, 0.15) is 58.2 Å². The molecule has 45 heavy (non-hydrogen) atoms. The number of hydrogen-bond donors (Lipinski definition) is 0. The van der Waals surface area contributed by atoms with Crippen LogP contribution >= 0.6 is 9.58 Å². The summed E-state index contributed by atoms with van der Waals surface area (Å²) in [6, 6.07) is 25.5. The molecule has 0 N–H and O–H groups in total. The van der Waals surface area contributed by atoms with Crippen LogP contribution in [0.25, 0.3) is 33.8 Å². The van der Waals surface area contributed by atoms with Gasteiger partial charge in [0.05, 0.1) is 0 Å². The number of halogens is 5. The molecule has 0 saturated heterocycles. The van der Waals surface area contributed by atoms with E-state index in [9.17, 15) is 17.6 Å². The Bertz CT molecular complexity index is 1600. The number of pyridine rings is 3. The first-order valence-corrected chi connectivity index (χ1v) is 16.9. The minimum atomic E-state index is -4.48. The Hall–Kier alpha value is -3.45. The van der Waals surface area contributed by atoms with Crippen molar-refractivity contribution in [1.29, 1.82) is 0 Å². The second kappa shape index (κ2) is 15.2. The maximum absolute atomic E-state index is 13.7. The van der Waals surface area contributed by atoms with Crippen LogP contribution in [0.15, 0.2) is 91.4 Å². The summed E-state index contributed by atoms with van der Waals surface area (Å²) < 4.78 is 53.5. The van der Waals surface area contributed by atoms with Crippen LogP contribution < -0.4 is 0 Å². The first-order valence-electron chi connectivity index (χ1n) is 13.9. The Labute approximate surface area is 277 Å². The molecule has 2 aromatic carbocycles.